The molecule has 0 aliphatic rings. The quantitative estimate of drug-likeness (QED) is 0.807. The molecule has 0 fully saturated rings. The first-order valence-electron chi connectivity index (χ1n) is 6.53. The molecule has 0 aliphatic heterocycles. The van der Waals surface area contributed by atoms with Gasteiger partial charge in [-0.3, -0.25) is 4.79 Å². The fourth-order valence-corrected chi connectivity index (χ4v) is 2.06. The molecule has 0 aromatic heterocycles. The molecule has 0 saturated carbocycles. The van der Waals surface area contributed by atoms with Gasteiger partial charge in [0.05, 0.1) is 12.5 Å². The van der Waals surface area contributed by atoms with E-state index in [1.165, 1.54) is 0 Å². The minimum Gasteiger partial charge on any atom is -0.383 e. The minimum atomic E-state index is -0.0597. The number of benzene rings is 1. The van der Waals surface area contributed by atoms with Crippen LogP contribution in [-0.4, -0.2) is 25.7 Å². The largest absolute Gasteiger partial charge is 0.383 e. The summed E-state index contributed by atoms with van der Waals surface area (Å²) >= 11 is 0. The third-order valence-electron chi connectivity index (χ3n) is 2.90. The maximum atomic E-state index is 12.3. The summed E-state index contributed by atoms with van der Waals surface area (Å²) < 4.78 is 5.04. The molecule has 0 bridgehead atoms. The molecule has 1 rings (SSSR count). The highest BCUT2D eigenvalue weighted by atomic mass is 16.5. The fraction of sp³-hybridized carbons (Fsp3) is 0.533. The maximum absolute atomic E-state index is 12.3. The van der Waals surface area contributed by atoms with Crippen LogP contribution in [0.1, 0.15) is 38.2 Å². The number of nitrogens with one attached hydrogen (secondary N) is 1. The van der Waals surface area contributed by atoms with Crippen molar-refractivity contribution >= 4 is 5.91 Å². The van der Waals surface area contributed by atoms with Crippen LogP contribution in [0.4, 0.5) is 0 Å². The Kier molecular flexibility index (Phi) is 6.44. The van der Waals surface area contributed by atoms with Crippen molar-refractivity contribution in [1.82, 2.24) is 5.32 Å². The molecule has 0 unspecified atom stereocenters. The molecule has 100 valence electrons. The predicted molar refractivity (Wildman–Crippen MR) is 73.6 cm³/mol. The van der Waals surface area contributed by atoms with Crippen LogP contribution in [0.5, 0.6) is 0 Å². The summed E-state index contributed by atoms with van der Waals surface area (Å²) in [6, 6.07) is 10.00. The average molecular weight is 249 g/mol. The van der Waals surface area contributed by atoms with Crippen molar-refractivity contribution in [3.63, 3.8) is 0 Å². The lowest BCUT2D eigenvalue weighted by molar-refractivity contribution is -0.123. The van der Waals surface area contributed by atoms with Gasteiger partial charge in [0.15, 0.2) is 0 Å². The van der Waals surface area contributed by atoms with Gasteiger partial charge < -0.3 is 10.1 Å². The molecule has 0 saturated heterocycles. The van der Waals surface area contributed by atoms with Gasteiger partial charge in [0.25, 0.3) is 0 Å². The van der Waals surface area contributed by atoms with Crippen molar-refractivity contribution in [3.05, 3.63) is 35.9 Å². The summed E-state index contributed by atoms with van der Waals surface area (Å²) in [6.45, 7) is 4.59. The Morgan fingerprint density at radius 3 is 2.56 bits per heavy atom. The van der Waals surface area contributed by atoms with E-state index in [-0.39, 0.29) is 17.9 Å². The van der Waals surface area contributed by atoms with Gasteiger partial charge >= 0.3 is 0 Å². The van der Waals surface area contributed by atoms with Crippen molar-refractivity contribution < 1.29 is 9.53 Å². The summed E-state index contributed by atoms with van der Waals surface area (Å²) in [4.78, 5) is 12.3. The molecule has 18 heavy (non-hydrogen) atoms. The highest BCUT2D eigenvalue weighted by Gasteiger charge is 2.20. The van der Waals surface area contributed by atoms with Crippen molar-refractivity contribution in [3.8, 4) is 0 Å². The summed E-state index contributed by atoms with van der Waals surface area (Å²) in [5.74, 6) is 0.0307. The molecule has 2 atom stereocenters. The molecular weight excluding hydrogens is 226 g/mol. The number of carbonyl (C=O) groups is 1. The number of rotatable bonds is 7. The molecule has 0 spiro atoms. The highest BCUT2D eigenvalue weighted by Crippen LogP contribution is 2.21. The van der Waals surface area contributed by atoms with E-state index in [4.69, 9.17) is 4.74 Å². The van der Waals surface area contributed by atoms with Crippen LogP contribution in [0.2, 0.25) is 0 Å². The second-order valence-electron chi connectivity index (χ2n) is 4.62. The van der Waals surface area contributed by atoms with Gasteiger partial charge in [0, 0.05) is 13.2 Å². The lowest BCUT2D eigenvalue weighted by atomic mass is 9.93. The number of hydrogen-bond acceptors (Lipinski definition) is 2. The monoisotopic (exact) mass is 249 g/mol. The van der Waals surface area contributed by atoms with Crippen LogP contribution in [0, 0.1) is 0 Å². The van der Waals surface area contributed by atoms with E-state index in [1.54, 1.807) is 7.11 Å². The molecule has 3 heteroatoms. The lowest BCUT2D eigenvalue weighted by Gasteiger charge is -2.20. The van der Waals surface area contributed by atoms with E-state index in [2.05, 4.69) is 12.2 Å². The molecule has 0 radical (unpaired) electrons. The van der Waals surface area contributed by atoms with E-state index >= 15 is 0 Å². The third-order valence-corrected chi connectivity index (χ3v) is 2.90. The van der Waals surface area contributed by atoms with Gasteiger partial charge in [-0.2, -0.15) is 0 Å². The molecule has 0 aliphatic carbocycles. The van der Waals surface area contributed by atoms with Crippen LogP contribution in [-0.2, 0) is 9.53 Å². The van der Waals surface area contributed by atoms with Gasteiger partial charge in [-0.1, -0.05) is 43.7 Å². The van der Waals surface area contributed by atoms with Gasteiger partial charge in [-0.15, -0.1) is 0 Å². The predicted octanol–water partition coefficient (Wildman–Crippen LogP) is 2.72. The van der Waals surface area contributed by atoms with Crippen molar-refractivity contribution in [2.24, 2.45) is 0 Å². The summed E-state index contributed by atoms with van der Waals surface area (Å²) in [7, 11) is 1.64. The molecule has 1 amide bonds. The van der Waals surface area contributed by atoms with Gasteiger partial charge in [-0.05, 0) is 18.9 Å². The molecule has 1 N–H and O–H groups in total. The Morgan fingerprint density at radius 2 is 2.00 bits per heavy atom. The first-order valence-corrected chi connectivity index (χ1v) is 6.53. The first kappa shape index (κ1) is 14.7. The number of ether oxygens (including phenoxy) is 1. The van der Waals surface area contributed by atoms with Crippen molar-refractivity contribution in [1.29, 1.82) is 0 Å². The van der Waals surface area contributed by atoms with E-state index < -0.39 is 0 Å². The standard InChI is InChI=1S/C15H23NO2/c1-4-8-14(13-9-6-5-7-10-13)15(17)16-12(2)11-18-3/h5-7,9-10,12,14H,4,8,11H2,1-3H3,(H,16,17)/t12-,14-/m0/s1. The first-order chi connectivity index (χ1) is 8.69. The van der Waals surface area contributed by atoms with E-state index in [9.17, 15) is 4.79 Å². The van der Waals surface area contributed by atoms with Crippen LogP contribution in [0.3, 0.4) is 0 Å². The number of amides is 1. The van der Waals surface area contributed by atoms with Gasteiger partial charge in [0.2, 0.25) is 5.91 Å². The van der Waals surface area contributed by atoms with E-state index in [0.717, 1.165) is 18.4 Å². The van der Waals surface area contributed by atoms with Crippen molar-refractivity contribution in [2.75, 3.05) is 13.7 Å². The smallest absolute Gasteiger partial charge is 0.227 e. The number of hydrogen-bond donors (Lipinski definition) is 1. The SMILES string of the molecule is CCC[C@H](C(=O)N[C@@H](C)COC)c1ccccc1. The Morgan fingerprint density at radius 1 is 1.33 bits per heavy atom. The molecule has 1 aromatic carbocycles. The Balaban J connectivity index is 2.70. The highest BCUT2D eigenvalue weighted by molar-refractivity contribution is 5.83. The summed E-state index contributed by atoms with van der Waals surface area (Å²) in [5.41, 5.74) is 1.08. The van der Waals surface area contributed by atoms with Gasteiger partial charge in [-0.25, -0.2) is 0 Å². The molecule has 3 nitrogen and oxygen atoms in total. The zero-order valence-electron chi connectivity index (χ0n) is 11.5. The zero-order chi connectivity index (χ0) is 13.4. The third kappa shape index (κ3) is 4.49. The topological polar surface area (TPSA) is 38.3 Å². The van der Waals surface area contributed by atoms with Gasteiger partial charge in [0.1, 0.15) is 0 Å². The molecular formula is C15H23NO2. The van der Waals surface area contributed by atoms with Crippen LogP contribution in [0.25, 0.3) is 0 Å². The Labute approximate surface area is 110 Å². The van der Waals surface area contributed by atoms with Crippen LogP contribution < -0.4 is 5.32 Å². The Hall–Kier alpha value is -1.35. The summed E-state index contributed by atoms with van der Waals surface area (Å²) in [6.07, 6.45) is 1.86. The average Bonchev–Trinajstić information content (AvgIpc) is 2.37. The second kappa shape index (κ2) is 7.88. The maximum Gasteiger partial charge on any atom is 0.227 e. The van der Waals surface area contributed by atoms with Crippen molar-refractivity contribution in [2.45, 2.75) is 38.6 Å². The molecule has 1 aromatic rings. The second-order valence-corrected chi connectivity index (χ2v) is 4.62. The lowest BCUT2D eigenvalue weighted by Crippen LogP contribution is -2.38. The summed E-state index contributed by atoms with van der Waals surface area (Å²) in [5, 5.41) is 3.00. The minimum absolute atomic E-state index is 0.0468. The Bertz CT molecular complexity index is 351. The van der Waals surface area contributed by atoms with E-state index in [0.29, 0.717) is 6.61 Å². The fourth-order valence-electron chi connectivity index (χ4n) is 2.06. The van der Waals surface area contributed by atoms with Crippen LogP contribution >= 0.6 is 0 Å². The van der Waals surface area contributed by atoms with E-state index in [1.807, 2.05) is 37.3 Å². The normalized spacial score (nSPS) is 13.9. The molecule has 0 heterocycles. The number of methoxy groups -OCH3 is 1. The zero-order valence-corrected chi connectivity index (χ0v) is 11.5. The number of carbonyl (C=O) groups excluding carboxylic acids is 1. The van der Waals surface area contributed by atoms with Crippen LogP contribution in [0.15, 0.2) is 30.3 Å².